The molecule has 1 aromatic carbocycles. The van der Waals surface area contributed by atoms with E-state index in [9.17, 15) is 0 Å². The molecule has 4 heteroatoms. The molecule has 4 nitrogen and oxygen atoms in total. The molecule has 23 heavy (non-hydrogen) atoms. The average Bonchev–Trinajstić information content (AvgIpc) is 3.23. The number of aryl methyl sites for hydroxylation is 1. The molecule has 122 valence electrons. The van der Waals surface area contributed by atoms with E-state index in [4.69, 9.17) is 4.74 Å². The lowest BCUT2D eigenvalue weighted by Gasteiger charge is -2.23. The van der Waals surface area contributed by atoms with Crippen LogP contribution >= 0.6 is 0 Å². The summed E-state index contributed by atoms with van der Waals surface area (Å²) in [5.41, 5.74) is 1.32. The van der Waals surface area contributed by atoms with Crippen LogP contribution in [0.2, 0.25) is 0 Å². The maximum atomic E-state index is 5.89. The summed E-state index contributed by atoms with van der Waals surface area (Å²) in [5, 5.41) is 0. The number of rotatable bonds is 8. The van der Waals surface area contributed by atoms with Gasteiger partial charge in [-0.05, 0) is 30.5 Å². The summed E-state index contributed by atoms with van der Waals surface area (Å²) in [6, 6.07) is 9.06. The van der Waals surface area contributed by atoms with Gasteiger partial charge in [-0.25, -0.2) is 4.98 Å². The molecule has 1 aliphatic rings. The zero-order chi connectivity index (χ0) is 15.9. The normalized spacial score (nSPS) is 17.7. The molecule has 2 heterocycles. The van der Waals surface area contributed by atoms with Gasteiger partial charge >= 0.3 is 0 Å². The van der Waals surface area contributed by atoms with Gasteiger partial charge in [0.05, 0.1) is 12.9 Å². The number of ether oxygens (including phenoxy) is 1. The second-order valence-corrected chi connectivity index (χ2v) is 5.98. The van der Waals surface area contributed by atoms with E-state index >= 15 is 0 Å². The standard InChI is InChI=1S/C19H25N3O/c1-2-18-7-4-11-22(18)15-17-6-3-8-19(14-17)23-13-5-10-21-12-9-20-16-21/h3-4,6-9,12,14,16,18H,2,5,10-11,13,15H2,1H3. The van der Waals surface area contributed by atoms with Crippen molar-refractivity contribution < 1.29 is 4.74 Å². The SMILES string of the molecule is CCC1C=CCN1Cc1cccc(OCCCn2ccnc2)c1. The van der Waals surface area contributed by atoms with Crippen molar-refractivity contribution in [2.24, 2.45) is 0 Å². The van der Waals surface area contributed by atoms with Crippen molar-refractivity contribution in [1.82, 2.24) is 14.5 Å². The quantitative estimate of drug-likeness (QED) is 0.552. The minimum Gasteiger partial charge on any atom is -0.494 e. The van der Waals surface area contributed by atoms with Crippen molar-refractivity contribution >= 4 is 0 Å². The number of hydrogen-bond acceptors (Lipinski definition) is 3. The van der Waals surface area contributed by atoms with E-state index in [0.717, 1.165) is 38.4 Å². The van der Waals surface area contributed by atoms with Crippen LogP contribution < -0.4 is 4.74 Å². The Morgan fingerprint density at radius 1 is 1.35 bits per heavy atom. The van der Waals surface area contributed by atoms with Gasteiger partial charge in [-0.15, -0.1) is 0 Å². The second kappa shape index (κ2) is 7.97. The molecule has 2 aromatic rings. The largest absolute Gasteiger partial charge is 0.494 e. The lowest BCUT2D eigenvalue weighted by molar-refractivity contribution is 0.257. The first-order valence-electron chi connectivity index (χ1n) is 8.43. The minimum atomic E-state index is 0.578. The predicted molar refractivity (Wildman–Crippen MR) is 92.4 cm³/mol. The number of benzene rings is 1. The molecule has 0 spiro atoms. The van der Waals surface area contributed by atoms with Crippen molar-refractivity contribution in [2.75, 3.05) is 13.2 Å². The first-order valence-corrected chi connectivity index (χ1v) is 8.43. The Kier molecular flexibility index (Phi) is 5.48. The second-order valence-electron chi connectivity index (χ2n) is 5.98. The molecule has 0 fully saturated rings. The molecular weight excluding hydrogens is 286 g/mol. The molecule has 1 atom stereocenters. The third kappa shape index (κ3) is 4.45. The summed E-state index contributed by atoms with van der Waals surface area (Å²) in [6.45, 7) is 5.95. The van der Waals surface area contributed by atoms with Crippen LogP contribution in [-0.2, 0) is 13.1 Å². The van der Waals surface area contributed by atoms with Crippen LogP contribution in [0.3, 0.4) is 0 Å². The van der Waals surface area contributed by atoms with E-state index in [0.29, 0.717) is 6.04 Å². The number of hydrogen-bond donors (Lipinski definition) is 0. The lowest BCUT2D eigenvalue weighted by Crippen LogP contribution is -2.28. The molecule has 0 saturated carbocycles. The smallest absolute Gasteiger partial charge is 0.119 e. The van der Waals surface area contributed by atoms with E-state index in [-0.39, 0.29) is 0 Å². The van der Waals surface area contributed by atoms with Crippen LogP contribution in [0.5, 0.6) is 5.75 Å². The minimum absolute atomic E-state index is 0.578. The topological polar surface area (TPSA) is 30.3 Å². The third-order valence-electron chi connectivity index (χ3n) is 4.26. The van der Waals surface area contributed by atoms with Gasteiger partial charge in [0.2, 0.25) is 0 Å². The molecule has 1 aliphatic heterocycles. The van der Waals surface area contributed by atoms with E-state index in [1.165, 1.54) is 12.0 Å². The summed E-state index contributed by atoms with van der Waals surface area (Å²) in [6.07, 6.45) is 12.4. The van der Waals surface area contributed by atoms with Crippen LogP contribution in [0.25, 0.3) is 0 Å². The van der Waals surface area contributed by atoms with E-state index in [1.54, 1.807) is 6.20 Å². The average molecular weight is 311 g/mol. The molecule has 0 amide bonds. The third-order valence-corrected chi connectivity index (χ3v) is 4.26. The van der Waals surface area contributed by atoms with Crippen molar-refractivity contribution in [2.45, 2.75) is 38.9 Å². The highest BCUT2D eigenvalue weighted by atomic mass is 16.5. The molecule has 3 rings (SSSR count). The maximum absolute atomic E-state index is 5.89. The van der Waals surface area contributed by atoms with Gasteiger partial charge in [0.1, 0.15) is 5.75 Å². The van der Waals surface area contributed by atoms with Gasteiger partial charge in [0.25, 0.3) is 0 Å². The molecule has 1 aromatic heterocycles. The molecule has 1 unspecified atom stereocenters. The molecule has 0 saturated heterocycles. The van der Waals surface area contributed by atoms with Crippen LogP contribution in [0.15, 0.2) is 55.1 Å². The van der Waals surface area contributed by atoms with Crippen LogP contribution in [0.4, 0.5) is 0 Å². The fraction of sp³-hybridized carbons (Fsp3) is 0.421. The van der Waals surface area contributed by atoms with E-state index in [1.807, 2.05) is 18.6 Å². The Balaban J connectivity index is 1.47. The number of aromatic nitrogens is 2. The first kappa shape index (κ1) is 15.8. The Bertz CT molecular complexity index is 621. The Labute approximate surface area is 138 Å². The summed E-state index contributed by atoms with van der Waals surface area (Å²) in [4.78, 5) is 6.54. The summed E-state index contributed by atoms with van der Waals surface area (Å²) < 4.78 is 7.97. The zero-order valence-corrected chi connectivity index (χ0v) is 13.8. The zero-order valence-electron chi connectivity index (χ0n) is 13.8. The van der Waals surface area contributed by atoms with Gasteiger partial charge in [-0.3, -0.25) is 4.90 Å². The number of imidazole rings is 1. The maximum Gasteiger partial charge on any atom is 0.119 e. The molecular formula is C19H25N3O. The molecule has 0 radical (unpaired) electrons. The highest BCUT2D eigenvalue weighted by Gasteiger charge is 2.17. The van der Waals surface area contributed by atoms with Crippen molar-refractivity contribution in [3.05, 3.63) is 60.7 Å². The van der Waals surface area contributed by atoms with Gasteiger partial charge in [-0.1, -0.05) is 31.2 Å². The number of nitrogens with zero attached hydrogens (tertiary/aromatic N) is 3. The lowest BCUT2D eigenvalue weighted by atomic mass is 10.1. The highest BCUT2D eigenvalue weighted by molar-refractivity contribution is 5.29. The van der Waals surface area contributed by atoms with Gasteiger partial charge in [-0.2, -0.15) is 0 Å². The monoisotopic (exact) mass is 311 g/mol. The summed E-state index contributed by atoms with van der Waals surface area (Å²) in [7, 11) is 0. The molecule has 0 N–H and O–H groups in total. The summed E-state index contributed by atoms with van der Waals surface area (Å²) >= 11 is 0. The van der Waals surface area contributed by atoms with Crippen molar-refractivity contribution in [3.63, 3.8) is 0 Å². The van der Waals surface area contributed by atoms with Crippen LogP contribution in [0, 0.1) is 0 Å². The van der Waals surface area contributed by atoms with Crippen molar-refractivity contribution in [3.8, 4) is 5.75 Å². The Morgan fingerprint density at radius 3 is 3.13 bits per heavy atom. The van der Waals surface area contributed by atoms with Crippen LogP contribution in [0.1, 0.15) is 25.3 Å². The van der Waals surface area contributed by atoms with Gasteiger partial charge in [0.15, 0.2) is 0 Å². The van der Waals surface area contributed by atoms with E-state index in [2.05, 4.69) is 51.7 Å². The summed E-state index contributed by atoms with van der Waals surface area (Å²) in [5.74, 6) is 0.966. The molecule has 0 aliphatic carbocycles. The highest BCUT2D eigenvalue weighted by Crippen LogP contribution is 2.20. The fourth-order valence-corrected chi connectivity index (χ4v) is 3.01. The van der Waals surface area contributed by atoms with Gasteiger partial charge < -0.3 is 9.30 Å². The van der Waals surface area contributed by atoms with Gasteiger partial charge in [0, 0.05) is 38.1 Å². The van der Waals surface area contributed by atoms with Crippen LogP contribution in [-0.4, -0.2) is 33.6 Å². The predicted octanol–water partition coefficient (Wildman–Crippen LogP) is 3.50. The Morgan fingerprint density at radius 2 is 2.30 bits per heavy atom. The first-order chi connectivity index (χ1) is 11.3. The van der Waals surface area contributed by atoms with E-state index < -0.39 is 0 Å². The fourth-order valence-electron chi connectivity index (χ4n) is 3.01. The molecule has 0 bridgehead atoms. The Hall–Kier alpha value is -2.07. The van der Waals surface area contributed by atoms with Crippen molar-refractivity contribution in [1.29, 1.82) is 0 Å².